The highest BCUT2D eigenvalue weighted by Gasteiger charge is 1.98. The summed E-state index contributed by atoms with van der Waals surface area (Å²) in [5.74, 6) is 7.32. The normalized spacial score (nSPS) is 9.93. The molecule has 6 nitrogen and oxygen atoms in total. The standard InChI is InChI=1S/C9H11N5O/c10-14-9-4-8(12-6-13-9)11-5-7-2-1-3-15-7/h1-4,6H,5,10H2,(H2,11,12,13,14). The van der Waals surface area contributed by atoms with Gasteiger partial charge in [-0.25, -0.2) is 15.8 Å². The zero-order valence-electron chi connectivity index (χ0n) is 7.97. The number of furan rings is 1. The van der Waals surface area contributed by atoms with Crippen molar-refractivity contribution in [3.8, 4) is 0 Å². The van der Waals surface area contributed by atoms with Crippen molar-refractivity contribution >= 4 is 11.6 Å². The summed E-state index contributed by atoms with van der Waals surface area (Å²) in [5, 5.41) is 3.08. The lowest BCUT2D eigenvalue weighted by molar-refractivity contribution is 0.518. The lowest BCUT2D eigenvalue weighted by Crippen LogP contribution is -2.09. The molecule has 0 unspecified atom stereocenters. The molecule has 78 valence electrons. The quantitative estimate of drug-likeness (QED) is 0.509. The Morgan fingerprint density at radius 3 is 2.93 bits per heavy atom. The summed E-state index contributed by atoms with van der Waals surface area (Å²) in [7, 11) is 0. The molecule has 0 spiro atoms. The van der Waals surface area contributed by atoms with Gasteiger partial charge < -0.3 is 15.2 Å². The van der Waals surface area contributed by atoms with Gasteiger partial charge in [0.15, 0.2) is 0 Å². The van der Waals surface area contributed by atoms with Gasteiger partial charge in [-0.15, -0.1) is 0 Å². The number of nitrogens with two attached hydrogens (primary N) is 1. The molecule has 0 amide bonds. The molecule has 2 heterocycles. The van der Waals surface area contributed by atoms with E-state index in [9.17, 15) is 0 Å². The van der Waals surface area contributed by atoms with Crippen molar-refractivity contribution in [2.45, 2.75) is 6.54 Å². The molecular formula is C9H11N5O. The Morgan fingerprint density at radius 2 is 2.20 bits per heavy atom. The number of hydrogen-bond acceptors (Lipinski definition) is 6. The lowest BCUT2D eigenvalue weighted by Gasteiger charge is -2.04. The number of aromatic nitrogens is 2. The average Bonchev–Trinajstić information content (AvgIpc) is 2.79. The molecule has 4 N–H and O–H groups in total. The molecule has 2 aromatic heterocycles. The van der Waals surface area contributed by atoms with E-state index in [2.05, 4.69) is 20.7 Å². The maximum absolute atomic E-state index is 5.22. The maximum atomic E-state index is 5.22. The Balaban J connectivity index is 1.98. The molecule has 0 saturated heterocycles. The summed E-state index contributed by atoms with van der Waals surface area (Å²) in [5.41, 5.74) is 2.45. The lowest BCUT2D eigenvalue weighted by atomic mass is 10.4. The molecule has 0 aromatic carbocycles. The van der Waals surface area contributed by atoms with Crippen molar-refractivity contribution in [3.05, 3.63) is 36.5 Å². The minimum absolute atomic E-state index is 0.562. The van der Waals surface area contributed by atoms with Gasteiger partial charge in [-0.2, -0.15) is 0 Å². The van der Waals surface area contributed by atoms with Crippen LogP contribution in [-0.2, 0) is 6.54 Å². The minimum atomic E-state index is 0.562. The number of nitrogen functional groups attached to an aromatic ring is 1. The van der Waals surface area contributed by atoms with Gasteiger partial charge in [0.05, 0.1) is 12.8 Å². The highest BCUT2D eigenvalue weighted by molar-refractivity contribution is 5.45. The fourth-order valence-electron chi connectivity index (χ4n) is 1.12. The molecule has 6 heteroatoms. The second kappa shape index (κ2) is 4.43. The van der Waals surface area contributed by atoms with E-state index in [-0.39, 0.29) is 0 Å². The molecule has 0 atom stereocenters. The zero-order chi connectivity index (χ0) is 10.5. The van der Waals surface area contributed by atoms with Crippen molar-refractivity contribution in [1.82, 2.24) is 9.97 Å². The van der Waals surface area contributed by atoms with Gasteiger partial charge >= 0.3 is 0 Å². The molecule has 2 aromatic rings. The van der Waals surface area contributed by atoms with Crippen molar-refractivity contribution in [1.29, 1.82) is 0 Å². The fourth-order valence-corrected chi connectivity index (χ4v) is 1.12. The third kappa shape index (κ3) is 2.44. The van der Waals surface area contributed by atoms with E-state index in [1.54, 1.807) is 12.3 Å². The third-order valence-electron chi connectivity index (χ3n) is 1.84. The van der Waals surface area contributed by atoms with Gasteiger partial charge in [-0.3, -0.25) is 0 Å². The van der Waals surface area contributed by atoms with Gasteiger partial charge in [-0.05, 0) is 12.1 Å². The first-order chi connectivity index (χ1) is 7.38. The van der Waals surface area contributed by atoms with Crippen LogP contribution in [0.2, 0.25) is 0 Å². The maximum Gasteiger partial charge on any atom is 0.145 e. The molecule has 0 bridgehead atoms. The summed E-state index contributed by atoms with van der Waals surface area (Å²) in [6.45, 7) is 0.577. The Labute approximate surface area is 86.5 Å². The van der Waals surface area contributed by atoms with E-state index in [1.165, 1.54) is 6.33 Å². The second-order valence-electron chi connectivity index (χ2n) is 2.87. The van der Waals surface area contributed by atoms with Crippen LogP contribution in [0.25, 0.3) is 0 Å². The topological polar surface area (TPSA) is 89.0 Å². The van der Waals surface area contributed by atoms with Gasteiger partial charge in [0, 0.05) is 6.07 Å². The van der Waals surface area contributed by atoms with E-state index in [0.717, 1.165) is 5.76 Å². The van der Waals surface area contributed by atoms with E-state index in [1.807, 2.05) is 12.1 Å². The van der Waals surface area contributed by atoms with Crippen LogP contribution in [0.4, 0.5) is 11.6 Å². The van der Waals surface area contributed by atoms with Gasteiger partial charge in [0.1, 0.15) is 23.7 Å². The Morgan fingerprint density at radius 1 is 1.33 bits per heavy atom. The van der Waals surface area contributed by atoms with E-state index >= 15 is 0 Å². The van der Waals surface area contributed by atoms with Crippen LogP contribution >= 0.6 is 0 Å². The molecule has 0 aliphatic rings. The van der Waals surface area contributed by atoms with Gasteiger partial charge in [0.2, 0.25) is 0 Å². The fraction of sp³-hybridized carbons (Fsp3) is 0.111. The van der Waals surface area contributed by atoms with Crippen LogP contribution < -0.4 is 16.6 Å². The Kier molecular flexibility index (Phi) is 2.80. The average molecular weight is 205 g/mol. The summed E-state index contributed by atoms with van der Waals surface area (Å²) >= 11 is 0. The highest BCUT2D eigenvalue weighted by atomic mass is 16.3. The van der Waals surface area contributed by atoms with Crippen molar-refractivity contribution in [3.63, 3.8) is 0 Å². The Hall–Kier alpha value is -2.08. The zero-order valence-corrected chi connectivity index (χ0v) is 7.97. The molecule has 0 aliphatic heterocycles. The van der Waals surface area contributed by atoms with Crippen molar-refractivity contribution < 1.29 is 4.42 Å². The molecule has 15 heavy (non-hydrogen) atoms. The van der Waals surface area contributed by atoms with Crippen LogP contribution in [0.1, 0.15) is 5.76 Å². The molecule has 0 aliphatic carbocycles. The largest absolute Gasteiger partial charge is 0.467 e. The Bertz CT molecular complexity index is 414. The first kappa shape index (κ1) is 9.47. The summed E-state index contributed by atoms with van der Waals surface area (Å²) < 4.78 is 5.17. The van der Waals surface area contributed by atoms with Crippen LogP contribution in [-0.4, -0.2) is 9.97 Å². The summed E-state index contributed by atoms with van der Waals surface area (Å²) in [6, 6.07) is 5.43. The summed E-state index contributed by atoms with van der Waals surface area (Å²) in [6.07, 6.45) is 3.06. The molecule has 0 fully saturated rings. The third-order valence-corrected chi connectivity index (χ3v) is 1.84. The summed E-state index contributed by atoms with van der Waals surface area (Å²) in [4.78, 5) is 7.92. The first-order valence-corrected chi connectivity index (χ1v) is 4.43. The van der Waals surface area contributed by atoms with Crippen molar-refractivity contribution in [2.75, 3.05) is 10.7 Å². The predicted molar refractivity (Wildman–Crippen MR) is 55.9 cm³/mol. The first-order valence-electron chi connectivity index (χ1n) is 4.43. The van der Waals surface area contributed by atoms with E-state index in [4.69, 9.17) is 10.3 Å². The smallest absolute Gasteiger partial charge is 0.145 e. The number of hydrazine groups is 1. The van der Waals surface area contributed by atoms with E-state index in [0.29, 0.717) is 18.2 Å². The molecule has 2 rings (SSSR count). The number of anilines is 2. The van der Waals surface area contributed by atoms with Crippen molar-refractivity contribution in [2.24, 2.45) is 5.84 Å². The monoisotopic (exact) mass is 205 g/mol. The SMILES string of the molecule is NNc1cc(NCc2ccco2)ncn1. The van der Waals surface area contributed by atoms with Gasteiger partial charge in [0.25, 0.3) is 0 Å². The molecular weight excluding hydrogens is 194 g/mol. The highest BCUT2D eigenvalue weighted by Crippen LogP contribution is 2.09. The van der Waals surface area contributed by atoms with E-state index < -0.39 is 0 Å². The number of rotatable bonds is 4. The predicted octanol–water partition coefficient (Wildman–Crippen LogP) is 0.967. The number of nitrogens with zero attached hydrogens (tertiary/aromatic N) is 2. The second-order valence-corrected chi connectivity index (χ2v) is 2.87. The molecule has 0 radical (unpaired) electrons. The number of hydrogen-bond donors (Lipinski definition) is 3. The molecule has 0 saturated carbocycles. The number of nitrogens with one attached hydrogen (secondary N) is 2. The van der Waals surface area contributed by atoms with Crippen LogP contribution in [0.5, 0.6) is 0 Å². The van der Waals surface area contributed by atoms with Crippen LogP contribution in [0.15, 0.2) is 35.2 Å². The van der Waals surface area contributed by atoms with Crippen LogP contribution in [0.3, 0.4) is 0 Å². The minimum Gasteiger partial charge on any atom is -0.467 e. The van der Waals surface area contributed by atoms with Crippen LogP contribution in [0, 0.1) is 0 Å². The van der Waals surface area contributed by atoms with Gasteiger partial charge in [-0.1, -0.05) is 0 Å².